The number of benzene rings is 1. The molecule has 0 amide bonds. The van der Waals surface area contributed by atoms with Crippen molar-refractivity contribution in [3.05, 3.63) is 34.9 Å². The number of Topliss-reactive ketones (excluding diaryl/α,β-unsaturated/α-hetero) is 1. The van der Waals surface area contributed by atoms with Crippen molar-refractivity contribution >= 4 is 11.8 Å². The zero-order chi connectivity index (χ0) is 13.4. The second-order valence-corrected chi connectivity index (χ2v) is 5.53. The largest absolute Gasteiger partial charge is 0.469 e. The fraction of sp³-hybridized carbons (Fsp3) is 0.500. The van der Waals surface area contributed by atoms with E-state index in [-0.39, 0.29) is 23.6 Å². The van der Waals surface area contributed by atoms with Gasteiger partial charge < -0.3 is 4.74 Å². The van der Waals surface area contributed by atoms with Crippen molar-refractivity contribution in [3.8, 4) is 0 Å². The van der Waals surface area contributed by atoms with Crippen molar-refractivity contribution < 1.29 is 14.3 Å². The Hall–Kier alpha value is -1.64. The van der Waals surface area contributed by atoms with Gasteiger partial charge in [0.25, 0.3) is 0 Å². The first kappa shape index (κ1) is 12.4. The number of ether oxygens (including phenoxy) is 1. The lowest BCUT2D eigenvalue weighted by atomic mass is 9.89. The number of carbonyl (C=O) groups is 2. The van der Waals surface area contributed by atoms with Gasteiger partial charge in [0.15, 0.2) is 5.78 Å². The number of ketones is 1. The van der Waals surface area contributed by atoms with Crippen LogP contribution in [0.2, 0.25) is 0 Å². The summed E-state index contributed by atoms with van der Waals surface area (Å²) < 4.78 is 4.69. The Bertz CT molecular complexity index is 533. The first-order valence-electron chi connectivity index (χ1n) is 6.94. The van der Waals surface area contributed by atoms with Gasteiger partial charge in [0.05, 0.1) is 13.0 Å². The molecule has 2 aliphatic carbocycles. The summed E-state index contributed by atoms with van der Waals surface area (Å²) in [6.07, 6.45) is 5.29. The average molecular weight is 258 g/mol. The highest BCUT2D eigenvalue weighted by molar-refractivity contribution is 6.03. The van der Waals surface area contributed by atoms with E-state index < -0.39 is 0 Å². The lowest BCUT2D eigenvalue weighted by Gasteiger charge is -2.16. The highest BCUT2D eigenvalue weighted by Gasteiger charge is 2.48. The number of carbonyl (C=O) groups excluding carboxylic acids is 2. The topological polar surface area (TPSA) is 43.4 Å². The number of hydrogen-bond donors (Lipinski definition) is 0. The van der Waals surface area contributed by atoms with Crippen LogP contribution in [-0.2, 0) is 22.4 Å². The van der Waals surface area contributed by atoms with Crippen LogP contribution in [0, 0.1) is 11.8 Å². The fourth-order valence-corrected chi connectivity index (χ4v) is 3.00. The van der Waals surface area contributed by atoms with Gasteiger partial charge in [0, 0.05) is 11.5 Å². The monoisotopic (exact) mass is 258 g/mol. The molecule has 1 aromatic rings. The van der Waals surface area contributed by atoms with E-state index in [1.165, 1.54) is 31.1 Å². The molecule has 100 valence electrons. The molecule has 3 heteroatoms. The van der Waals surface area contributed by atoms with Crippen LogP contribution in [-0.4, -0.2) is 18.9 Å². The molecule has 3 nitrogen and oxygen atoms in total. The Kier molecular flexibility index (Phi) is 3.13. The molecule has 0 radical (unpaired) electrons. The van der Waals surface area contributed by atoms with Crippen LogP contribution >= 0.6 is 0 Å². The normalized spacial score (nSPS) is 24.5. The van der Waals surface area contributed by atoms with Gasteiger partial charge in [-0.25, -0.2) is 0 Å². The number of rotatable bonds is 3. The Labute approximate surface area is 113 Å². The predicted octanol–water partition coefficient (Wildman–Crippen LogP) is 2.56. The Balaban J connectivity index is 1.76. The molecule has 0 saturated heterocycles. The molecule has 0 heterocycles. The molecule has 0 spiro atoms. The minimum atomic E-state index is -0.253. The maximum atomic E-state index is 12.3. The zero-order valence-electron chi connectivity index (χ0n) is 11.1. The summed E-state index contributed by atoms with van der Waals surface area (Å²) in [5.41, 5.74) is 3.45. The summed E-state index contributed by atoms with van der Waals surface area (Å²) in [4.78, 5) is 23.7. The minimum absolute atomic E-state index is 0.101. The third-order valence-corrected chi connectivity index (χ3v) is 4.26. The quantitative estimate of drug-likeness (QED) is 0.618. The summed E-state index contributed by atoms with van der Waals surface area (Å²) in [5, 5.41) is 0. The molecular formula is C16H18O3. The van der Waals surface area contributed by atoms with E-state index >= 15 is 0 Å². The van der Waals surface area contributed by atoms with Gasteiger partial charge in [-0.1, -0.05) is 12.1 Å². The van der Waals surface area contributed by atoms with Crippen molar-refractivity contribution in [2.24, 2.45) is 11.8 Å². The SMILES string of the molecule is COC(=O)[C@H]1C[C@@H]1C(=O)c1ccc2c(c1)CCCC2. The summed E-state index contributed by atoms with van der Waals surface area (Å²) in [7, 11) is 1.38. The Morgan fingerprint density at radius 3 is 2.58 bits per heavy atom. The molecule has 0 N–H and O–H groups in total. The summed E-state index contributed by atoms with van der Waals surface area (Å²) in [6.45, 7) is 0. The number of hydrogen-bond acceptors (Lipinski definition) is 3. The molecule has 0 unspecified atom stereocenters. The van der Waals surface area contributed by atoms with Gasteiger partial charge in [0.2, 0.25) is 0 Å². The van der Waals surface area contributed by atoms with Crippen LogP contribution in [0.1, 0.15) is 40.7 Å². The van der Waals surface area contributed by atoms with E-state index in [1.54, 1.807) is 0 Å². The summed E-state index contributed by atoms with van der Waals surface area (Å²) in [6, 6.07) is 6.03. The van der Waals surface area contributed by atoms with Crippen molar-refractivity contribution in [2.45, 2.75) is 32.1 Å². The molecule has 0 aromatic heterocycles. The second kappa shape index (κ2) is 4.80. The van der Waals surface area contributed by atoms with E-state index in [0.29, 0.717) is 6.42 Å². The molecular weight excluding hydrogens is 240 g/mol. The molecule has 1 saturated carbocycles. The lowest BCUT2D eigenvalue weighted by Crippen LogP contribution is -2.11. The molecule has 1 fully saturated rings. The predicted molar refractivity (Wildman–Crippen MR) is 71.0 cm³/mol. The second-order valence-electron chi connectivity index (χ2n) is 5.53. The van der Waals surface area contributed by atoms with E-state index in [4.69, 9.17) is 0 Å². The van der Waals surface area contributed by atoms with Gasteiger partial charge >= 0.3 is 5.97 Å². The van der Waals surface area contributed by atoms with Crippen LogP contribution < -0.4 is 0 Å². The fourth-order valence-electron chi connectivity index (χ4n) is 3.00. The molecule has 2 atom stereocenters. The van der Waals surface area contributed by atoms with E-state index in [1.807, 2.05) is 12.1 Å². The van der Waals surface area contributed by atoms with Crippen molar-refractivity contribution in [2.75, 3.05) is 7.11 Å². The minimum Gasteiger partial charge on any atom is -0.469 e. The molecule has 19 heavy (non-hydrogen) atoms. The van der Waals surface area contributed by atoms with Crippen LogP contribution in [0.15, 0.2) is 18.2 Å². The van der Waals surface area contributed by atoms with Crippen molar-refractivity contribution in [1.82, 2.24) is 0 Å². The van der Waals surface area contributed by atoms with E-state index in [0.717, 1.165) is 18.4 Å². The third-order valence-electron chi connectivity index (χ3n) is 4.26. The maximum Gasteiger partial charge on any atom is 0.309 e. The van der Waals surface area contributed by atoms with Crippen LogP contribution in [0.5, 0.6) is 0 Å². The highest BCUT2D eigenvalue weighted by atomic mass is 16.5. The smallest absolute Gasteiger partial charge is 0.309 e. The Morgan fingerprint density at radius 2 is 1.84 bits per heavy atom. The van der Waals surface area contributed by atoms with Crippen LogP contribution in [0.25, 0.3) is 0 Å². The Morgan fingerprint density at radius 1 is 1.11 bits per heavy atom. The van der Waals surface area contributed by atoms with Gasteiger partial charge in [0.1, 0.15) is 0 Å². The highest BCUT2D eigenvalue weighted by Crippen LogP contribution is 2.42. The van der Waals surface area contributed by atoms with Crippen molar-refractivity contribution in [3.63, 3.8) is 0 Å². The maximum absolute atomic E-state index is 12.3. The first-order chi connectivity index (χ1) is 9.20. The number of aryl methyl sites for hydroxylation is 2. The molecule has 0 bridgehead atoms. The average Bonchev–Trinajstić information content (AvgIpc) is 3.25. The first-order valence-corrected chi connectivity index (χ1v) is 6.94. The molecule has 0 aliphatic heterocycles. The van der Waals surface area contributed by atoms with Crippen molar-refractivity contribution in [1.29, 1.82) is 0 Å². The standard InChI is InChI=1S/C16H18O3/c1-19-16(18)14-9-13(14)15(17)12-7-6-10-4-2-3-5-11(10)8-12/h6-8,13-14H,2-5,9H2,1H3/t13-,14-/m0/s1. The zero-order valence-corrected chi connectivity index (χ0v) is 11.1. The number of methoxy groups -OCH3 is 1. The van der Waals surface area contributed by atoms with Gasteiger partial charge in [-0.05, 0) is 49.3 Å². The lowest BCUT2D eigenvalue weighted by molar-refractivity contribution is -0.142. The number of fused-ring (bicyclic) bond motifs is 1. The van der Waals surface area contributed by atoms with Gasteiger partial charge in [-0.2, -0.15) is 0 Å². The van der Waals surface area contributed by atoms with E-state index in [2.05, 4.69) is 10.8 Å². The van der Waals surface area contributed by atoms with Crippen LogP contribution in [0.3, 0.4) is 0 Å². The molecule has 2 aliphatic rings. The molecule has 1 aromatic carbocycles. The van der Waals surface area contributed by atoms with Gasteiger partial charge in [-0.15, -0.1) is 0 Å². The van der Waals surface area contributed by atoms with E-state index in [9.17, 15) is 9.59 Å². The molecule has 3 rings (SSSR count). The summed E-state index contributed by atoms with van der Waals surface area (Å²) in [5.74, 6) is -0.525. The van der Waals surface area contributed by atoms with Gasteiger partial charge in [-0.3, -0.25) is 9.59 Å². The summed E-state index contributed by atoms with van der Waals surface area (Å²) >= 11 is 0. The third kappa shape index (κ3) is 2.29. The van der Waals surface area contributed by atoms with Crippen LogP contribution in [0.4, 0.5) is 0 Å². The number of esters is 1.